The summed E-state index contributed by atoms with van der Waals surface area (Å²) in [6, 6.07) is 17.8. The Bertz CT molecular complexity index is 1130. The van der Waals surface area contributed by atoms with Crippen LogP contribution in [-0.2, 0) is 17.8 Å². The van der Waals surface area contributed by atoms with Gasteiger partial charge in [0.2, 0.25) is 5.91 Å². The van der Waals surface area contributed by atoms with E-state index in [1.165, 1.54) is 0 Å². The molecule has 29 heavy (non-hydrogen) atoms. The van der Waals surface area contributed by atoms with Crippen LogP contribution in [0.1, 0.15) is 12.1 Å². The molecule has 7 heteroatoms. The minimum Gasteiger partial charge on any atom is -0.328 e. The number of benzene rings is 2. The maximum atomic E-state index is 12.9. The molecule has 5 rings (SSSR count). The predicted molar refractivity (Wildman–Crippen MR) is 109 cm³/mol. The number of rotatable bonds is 4. The Kier molecular flexibility index (Phi) is 4.40. The molecule has 0 saturated carbocycles. The number of imidazole rings is 1. The Morgan fingerprint density at radius 1 is 1.10 bits per heavy atom. The van der Waals surface area contributed by atoms with Crippen LogP contribution in [0.5, 0.6) is 0 Å². The highest BCUT2D eigenvalue weighted by atomic mass is 16.1. The van der Waals surface area contributed by atoms with Gasteiger partial charge in [0.25, 0.3) is 0 Å². The Morgan fingerprint density at radius 3 is 2.83 bits per heavy atom. The second kappa shape index (κ2) is 7.35. The molecule has 3 heterocycles. The molecule has 144 valence electrons. The van der Waals surface area contributed by atoms with Gasteiger partial charge < -0.3 is 9.88 Å². The number of fused-ring (bicyclic) bond motifs is 1. The van der Waals surface area contributed by atoms with Crippen molar-refractivity contribution < 1.29 is 4.79 Å². The van der Waals surface area contributed by atoms with Crippen molar-refractivity contribution in [2.75, 3.05) is 5.32 Å². The first kappa shape index (κ1) is 17.4. The quantitative estimate of drug-likeness (QED) is 0.585. The standard InChI is InChI=1S/C22H20N6O/c29-22(25-18-7-4-8-19(14-18)28-12-10-24-26-28)17-9-11-27-20(13-17)15-23-21(27)16-5-2-1-3-6-16/h1-8,10,12,14-15,17H,9,11,13H2,(H,25,29)/t17-/m0/s1. The molecule has 1 atom stereocenters. The van der Waals surface area contributed by atoms with Gasteiger partial charge in [-0.05, 0) is 24.6 Å². The van der Waals surface area contributed by atoms with Crippen molar-refractivity contribution in [2.45, 2.75) is 19.4 Å². The monoisotopic (exact) mass is 384 g/mol. The highest BCUT2D eigenvalue weighted by Gasteiger charge is 2.27. The highest BCUT2D eigenvalue weighted by Crippen LogP contribution is 2.28. The molecule has 1 aliphatic heterocycles. The maximum Gasteiger partial charge on any atom is 0.227 e. The first-order valence-corrected chi connectivity index (χ1v) is 9.65. The predicted octanol–water partition coefficient (Wildman–Crippen LogP) is 3.33. The smallest absolute Gasteiger partial charge is 0.227 e. The minimum absolute atomic E-state index is 0.0365. The first-order valence-electron chi connectivity index (χ1n) is 9.65. The van der Waals surface area contributed by atoms with Gasteiger partial charge in [-0.1, -0.05) is 41.6 Å². The lowest BCUT2D eigenvalue weighted by Crippen LogP contribution is -2.30. The van der Waals surface area contributed by atoms with E-state index in [1.54, 1.807) is 17.1 Å². The topological polar surface area (TPSA) is 77.6 Å². The molecular formula is C22H20N6O. The van der Waals surface area contributed by atoms with Crippen molar-refractivity contribution in [3.05, 3.63) is 78.9 Å². The summed E-state index contributed by atoms with van der Waals surface area (Å²) in [4.78, 5) is 17.5. The average molecular weight is 384 g/mol. The fourth-order valence-electron chi connectivity index (χ4n) is 3.82. The zero-order valence-electron chi connectivity index (χ0n) is 15.8. The van der Waals surface area contributed by atoms with E-state index < -0.39 is 0 Å². The maximum absolute atomic E-state index is 12.9. The van der Waals surface area contributed by atoms with Crippen molar-refractivity contribution in [3.63, 3.8) is 0 Å². The number of nitrogens with one attached hydrogen (secondary N) is 1. The Labute approximate surface area is 168 Å². The lowest BCUT2D eigenvalue weighted by atomic mass is 9.95. The summed E-state index contributed by atoms with van der Waals surface area (Å²) < 4.78 is 3.89. The molecule has 0 aliphatic carbocycles. The van der Waals surface area contributed by atoms with E-state index in [1.807, 2.05) is 48.7 Å². The van der Waals surface area contributed by atoms with Crippen molar-refractivity contribution in [1.82, 2.24) is 24.5 Å². The summed E-state index contributed by atoms with van der Waals surface area (Å²) >= 11 is 0. The van der Waals surface area contributed by atoms with Crippen LogP contribution >= 0.6 is 0 Å². The number of aromatic nitrogens is 5. The van der Waals surface area contributed by atoms with E-state index in [4.69, 9.17) is 0 Å². The third-order valence-corrected chi connectivity index (χ3v) is 5.30. The van der Waals surface area contributed by atoms with Crippen molar-refractivity contribution in [2.24, 2.45) is 5.92 Å². The molecule has 0 spiro atoms. The molecule has 1 N–H and O–H groups in total. The largest absolute Gasteiger partial charge is 0.328 e. The fraction of sp³-hybridized carbons (Fsp3) is 0.182. The zero-order chi connectivity index (χ0) is 19.6. The van der Waals surface area contributed by atoms with E-state index in [0.29, 0.717) is 6.42 Å². The summed E-state index contributed by atoms with van der Waals surface area (Å²) in [6.45, 7) is 0.788. The molecular weight excluding hydrogens is 364 g/mol. The Hall–Kier alpha value is -3.74. The molecule has 0 unspecified atom stereocenters. The molecule has 1 amide bonds. The minimum atomic E-state index is -0.0714. The van der Waals surface area contributed by atoms with Gasteiger partial charge >= 0.3 is 0 Å². The lowest BCUT2D eigenvalue weighted by molar-refractivity contribution is -0.120. The number of carbonyl (C=O) groups is 1. The van der Waals surface area contributed by atoms with Gasteiger partial charge in [0, 0.05) is 42.0 Å². The Morgan fingerprint density at radius 2 is 2.00 bits per heavy atom. The van der Waals surface area contributed by atoms with E-state index in [-0.39, 0.29) is 11.8 Å². The van der Waals surface area contributed by atoms with Gasteiger partial charge in [-0.3, -0.25) is 4.79 Å². The third kappa shape index (κ3) is 3.42. The van der Waals surface area contributed by atoms with E-state index >= 15 is 0 Å². The zero-order valence-corrected chi connectivity index (χ0v) is 15.8. The SMILES string of the molecule is O=C(Nc1cccc(-n2ccnn2)c1)[C@H]1CCn2c(cnc2-c2ccccc2)C1. The number of hydrogen-bond donors (Lipinski definition) is 1. The van der Waals surface area contributed by atoms with Gasteiger partial charge in [-0.25, -0.2) is 9.67 Å². The van der Waals surface area contributed by atoms with Gasteiger partial charge in [-0.15, -0.1) is 5.10 Å². The van der Waals surface area contributed by atoms with Crippen LogP contribution in [0.3, 0.4) is 0 Å². The molecule has 2 aromatic carbocycles. The van der Waals surface area contributed by atoms with Gasteiger partial charge in [0.05, 0.1) is 18.1 Å². The van der Waals surface area contributed by atoms with Crippen LogP contribution in [0.4, 0.5) is 5.69 Å². The number of amides is 1. The normalized spacial score (nSPS) is 15.7. The molecule has 0 bridgehead atoms. The molecule has 7 nitrogen and oxygen atoms in total. The summed E-state index contributed by atoms with van der Waals surface area (Å²) in [6.07, 6.45) is 6.77. The number of nitrogens with zero attached hydrogens (tertiary/aromatic N) is 5. The van der Waals surface area contributed by atoms with Gasteiger partial charge in [0.1, 0.15) is 5.82 Å². The van der Waals surface area contributed by atoms with E-state index in [2.05, 4.69) is 37.3 Å². The number of carbonyl (C=O) groups excluding carboxylic acids is 1. The van der Waals surface area contributed by atoms with Crippen LogP contribution in [0.2, 0.25) is 0 Å². The molecule has 0 radical (unpaired) electrons. The second-order valence-electron chi connectivity index (χ2n) is 7.17. The van der Waals surface area contributed by atoms with E-state index in [9.17, 15) is 4.79 Å². The summed E-state index contributed by atoms with van der Waals surface area (Å²) in [5.74, 6) is 0.937. The lowest BCUT2D eigenvalue weighted by Gasteiger charge is -2.24. The highest BCUT2D eigenvalue weighted by molar-refractivity contribution is 5.93. The molecule has 0 saturated heterocycles. The van der Waals surface area contributed by atoms with Gasteiger partial charge in [-0.2, -0.15) is 0 Å². The number of hydrogen-bond acceptors (Lipinski definition) is 4. The van der Waals surface area contributed by atoms with Crippen LogP contribution in [0.15, 0.2) is 73.2 Å². The van der Waals surface area contributed by atoms with Crippen LogP contribution in [-0.4, -0.2) is 30.5 Å². The van der Waals surface area contributed by atoms with Gasteiger partial charge in [0.15, 0.2) is 0 Å². The summed E-state index contributed by atoms with van der Waals surface area (Å²) in [5, 5.41) is 10.9. The number of anilines is 1. The van der Waals surface area contributed by atoms with E-state index in [0.717, 1.165) is 41.4 Å². The summed E-state index contributed by atoms with van der Waals surface area (Å²) in [5.41, 5.74) is 3.82. The molecule has 2 aromatic heterocycles. The second-order valence-corrected chi connectivity index (χ2v) is 7.17. The van der Waals surface area contributed by atoms with Crippen LogP contribution < -0.4 is 5.32 Å². The first-order chi connectivity index (χ1) is 14.3. The summed E-state index contributed by atoms with van der Waals surface area (Å²) in [7, 11) is 0. The van der Waals surface area contributed by atoms with Crippen molar-refractivity contribution in [1.29, 1.82) is 0 Å². The molecule has 1 aliphatic rings. The molecule has 0 fully saturated rings. The average Bonchev–Trinajstić information content (AvgIpc) is 3.44. The van der Waals surface area contributed by atoms with Crippen molar-refractivity contribution in [3.8, 4) is 17.1 Å². The third-order valence-electron chi connectivity index (χ3n) is 5.30. The Balaban J connectivity index is 1.31. The fourth-order valence-corrected chi connectivity index (χ4v) is 3.82. The molecule has 4 aromatic rings. The van der Waals surface area contributed by atoms with Crippen LogP contribution in [0, 0.1) is 5.92 Å². The van der Waals surface area contributed by atoms with Crippen molar-refractivity contribution >= 4 is 11.6 Å². The van der Waals surface area contributed by atoms with Crippen LogP contribution in [0.25, 0.3) is 17.1 Å².